The van der Waals surface area contributed by atoms with Gasteiger partial charge in [-0.1, -0.05) is 0 Å². The van der Waals surface area contributed by atoms with E-state index in [2.05, 4.69) is 10.1 Å². The molecule has 0 bridgehead atoms. The lowest BCUT2D eigenvalue weighted by atomic mass is 10.2. The van der Waals surface area contributed by atoms with Crippen LogP contribution in [0.5, 0.6) is 0 Å². The van der Waals surface area contributed by atoms with Gasteiger partial charge in [-0.05, 0) is 31.0 Å². The van der Waals surface area contributed by atoms with Crippen molar-refractivity contribution in [3.8, 4) is 5.82 Å². The Hall–Kier alpha value is -2.63. The zero-order valence-electron chi connectivity index (χ0n) is 11.5. The Balaban J connectivity index is 2.01. The molecule has 0 unspecified atom stereocenters. The lowest BCUT2D eigenvalue weighted by molar-refractivity contribution is 0.0697. The summed E-state index contributed by atoms with van der Waals surface area (Å²) in [6.07, 6.45) is 4.13. The van der Waals surface area contributed by atoms with Crippen LogP contribution in [0.15, 0.2) is 30.5 Å². The lowest BCUT2D eigenvalue weighted by Gasteiger charge is -2.05. The molecule has 106 valence electrons. The van der Waals surface area contributed by atoms with Gasteiger partial charge < -0.3 is 5.11 Å². The van der Waals surface area contributed by atoms with Crippen LogP contribution in [-0.2, 0) is 7.05 Å². The number of rotatable bonds is 3. The molecule has 0 amide bonds. The van der Waals surface area contributed by atoms with E-state index in [1.54, 1.807) is 22.9 Å². The smallest absolute Gasteiger partial charge is 0.335 e. The van der Waals surface area contributed by atoms with Gasteiger partial charge in [-0.15, -0.1) is 0 Å². The largest absolute Gasteiger partial charge is 0.478 e. The predicted molar refractivity (Wildman–Crippen MR) is 76.8 cm³/mol. The van der Waals surface area contributed by atoms with Crippen LogP contribution in [0, 0.1) is 0 Å². The zero-order valence-corrected chi connectivity index (χ0v) is 11.5. The Morgan fingerprint density at radius 3 is 2.76 bits per heavy atom. The molecule has 1 fully saturated rings. The van der Waals surface area contributed by atoms with Crippen molar-refractivity contribution in [3.63, 3.8) is 0 Å². The summed E-state index contributed by atoms with van der Waals surface area (Å²) in [7, 11) is 1.86. The predicted octanol–water partition coefficient (Wildman–Crippen LogP) is 2.33. The first-order chi connectivity index (χ1) is 10.1. The standard InChI is InChI=1S/C15H14N4O2/c1-18-7-6-13(17-18)19-12-8-10(15(20)21)4-5-11(12)16-14(19)9-2-3-9/h4-9H,2-3H2,1H3,(H,20,21). The average Bonchev–Trinajstić information content (AvgIpc) is 3.11. The maximum Gasteiger partial charge on any atom is 0.335 e. The average molecular weight is 282 g/mol. The molecule has 1 aliphatic rings. The van der Waals surface area contributed by atoms with E-state index in [0.29, 0.717) is 5.92 Å². The van der Waals surface area contributed by atoms with Crippen LogP contribution in [0.1, 0.15) is 34.9 Å². The molecule has 3 aromatic rings. The minimum absolute atomic E-state index is 0.266. The van der Waals surface area contributed by atoms with E-state index < -0.39 is 5.97 Å². The van der Waals surface area contributed by atoms with Crippen LogP contribution in [0.4, 0.5) is 0 Å². The molecule has 2 aromatic heterocycles. The van der Waals surface area contributed by atoms with E-state index in [1.165, 1.54) is 0 Å². The Morgan fingerprint density at radius 1 is 1.33 bits per heavy atom. The van der Waals surface area contributed by atoms with Crippen molar-refractivity contribution in [2.75, 3.05) is 0 Å². The second kappa shape index (κ2) is 4.18. The number of carboxylic acid groups (broad SMARTS) is 1. The number of carboxylic acids is 1. The summed E-state index contributed by atoms with van der Waals surface area (Å²) in [5, 5.41) is 13.6. The summed E-state index contributed by atoms with van der Waals surface area (Å²) in [6.45, 7) is 0. The first-order valence-corrected chi connectivity index (χ1v) is 6.89. The summed E-state index contributed by atoms with van der Waals surface area (Å²) in [5.74, 6) is 1.28. The van der Waals surface area contributed by atoms with Gasteiger partial charge in [-0.2, -0.15) is 5.10 Å². The Kier molecular flexibility index (Phi) is 2.42. The van der Waals surface area contributed by atoms with Crippen LogP contribution in [0.2, 0.25) is 0 Å². The molecule has 21 heavy (non-hydrogen) atoms. The highest BCUT2D eigenvalue weighted by Crippen LogP contribution is 2.41. The van der Waals surface area contributed by atoms with Gasteiger partial charge in [-0.25, -0.2) is 9.78 Å². The molecule has 1 aliphatic carbocycles. The van der Waals surface area contributed by atoms with Gasteiger partial charge >= 0.3 is 5.97 Å². The number of fused-ring (bicyclic) bond motifs is 1. The van der Waals surface area contributed by atoms with Gasteiger partial charge in [0.25, 0.3) is 0 Å². The highest BCUT2D eigenvalue weighted by molar-refractivity contribution is 5.93. The number of nitrogens with zero attached hydrogens (tertiary/aromatic N) is 4. The van der Waals surface area contributed by atoms with Gasteiger partial charge in [0.2, 0.25) is 0 Å². The van der Waals surface area contributed by atoms with Crippen molar-refractivity contribution in [1.29, 1.82) is 0 Å². The number of imidazole rings is 1. The molecule has 0 atom stereocenters. The van der Waals surface area contributed by atoms with Crippen LogP contribution in [0.3, 0.4) is 0 Å². The molecular weight excluding hydrogens is 268 g/mol. The third-order valence-corrected chi connectivity index (χ3v) is 3.80. The van der Waals surface area contributed by atoms with Crippen molar-refractivity contribution in [2.24, 2.45) is 7.05 Å². The van der Waals surface area contributed by atoms with Crippen molar-refractivity contribution in [1.82, 2.24) is 19.3 Å². The molecule has 6 heteroatoms. The van der Waals surface area contributed by atoms with Crippen LogP contribution in [0.25, 0.3) is 16.9 Å². The van der Waals surface area contributed by atoms with Crippen LogP contribution >= 0.6 is 0 Å². The third-order valence-electron chi connectivity index (χ3n) is 3.80. The maximum atomic E-state index is 11.2. The number of aromatic carboxylic acids is 1. The van der Waals surface area contributed by atoms with Crippen LogP contribution < -0.4 is 0 Å². The zero-order chi connectivity index (χ0) is 14.6. The summed E-state index contributed by atoms with van der Waals surface area (Å²) in [6, 6.07) is 6.95. The normalized spacial score (nSPS) is 14.7. The number of benzene rings is 1. The minimum Gasteiger partial charge on any atom is -0.478 e. The van der Waals surface area contributed by atoms with Crippen molar-refractivity contribution in [3.05, 3.63) is 41.9 Å². The molecule has 0 aliphatic heterocycles. The summed E-state index contributed by atoms with van der Waals surface area (Å²) in [5.41, 5.74) is 1.88. The second-order valence-corrected chi connectivity index (χ2v) is 5.44. The fourth-order valence-electron chi connectivity index (χ4n) is 2.61. The molecule has 0 radical (unpaired) electrons. The molecule has 1 saturated carbocycles. The van der Waals surface area contributed by atoms with Gasteiger partial charge in [0.1, 0.15) is 5.82 Å². The highest BCUT2D eigenvalue weighted by Gasteiger charge is 2.30. The first-order valence-electron chi connectivity index (χ1n) is 6.89. The SMILES string of the molecule is Cn1ccc(-n2c(C3CC3)nc3ccc(C(=O)O)cc32)n1. The van der Waals surface area contributed by atoms with Gasteiger partial charge in [-0.3, -0.25) is 9.25 Å². The minimum atomic E-state index is -0.932. The topological polar surface area (TPSA) is 72.9 Å². The number of carbonyl (C=O) groups is 1. The quantitative estimate of drug-likeness (QED) is 0.800. The van der Waals surface area contributed by atoms with E-state index in [-0.39, 0.29) is 5.56 Å². The Bertz CT molecular complexity index is 858. The van der Waals surface area contributed by atoms with Crippen molar-refractivity contribution in [2.45, 2.75) is 18.8 Å². The fraction of sp³-hybridized carbons (Fsp3) is 0.267. The first kappa shape index (κ1) is 12.1. The fourth-order valence-corrected chi connectivity index (χ4v) is 2.61. The van der Waals surface area contributed by atoms with E-state index >= 15 is 0 Å². The van der Waals surface area contributed by atoms with Crippen molar-refractivity contribution >= 4 is 17.0 Å². The molecule has 0 spiro atoms. The summed E-state index contributed by atoms with van der Waals surface area (Å²) < 4.78 is 3.72. The van der Waals surface area contributed by atoms with Crippen molar-refractivity contribution < 1.29 is 9.90 Å². The van der Waals surface area contributed by atoms with E-state index in [4.69, 9.17) is 0 Å². The molecule has 4 rings (SSSR count). The Labute approximate surface area is 120 Å². The summed E-state index contributed by atoms with van der Waals surface area (Å²) >= 11 is 0. The van der Waals surface area contributed by atoms with E-state index in [0.717, 1.165) is 35.5 Å². The van der Waals surface area contributed by atoms with Gasteiger partial charge in [0.15, 0.2) is 5.82 Å². The van der Waals surface area contributed by atoms with Crippen LogP contribution in [-0.4, -0.2) is 30.4 Å². The van der Waals surface area contributed by atoms with E-state index in [9.17, 15) is 9.90 Å². The Morgan fingerprint density at radius 2 is 2.14 bits per heavy atom. The van der Waals surface area contributed by atoms with Gasteiger partial charge in [0.05, 0.1) is 16.6 Å². The highest BCUT2D eigenvalue weighted by atomic mass is 16.4. The van der Waals surface area contributed by atoms with E-state index in [1.807, 2.05) is 23.9 Å². The number of hydrogen-bond acceptors (Lipinski definition) is 3. The molecular formula is C15H14N4O2. The number of aromatic nitrogens is 4. The number of aryl methyl sites for hydroxylation is 1. The monoisotopic (exact) mass is 282 g/mol. The summed E-state index contributed by atoms with van der Waals surface area (Å²) in [4.78, 5) is 15.9. The molecule has 0 saturated heterocycles. The molecule has 1 aromatic carbocycles. The third kappa shape index (κ3) is 1.91. The molecule has 2 heterocycles. The maximum absolute atomic E-state index is 11.2. The molecule has 6 nitrogen and oxygen atoms in total. The van der Waals surface area contributed by atoms with Gasteiger partial charge in [0, 0.05) is 25.2 Å². The second-order valence-electron chi connectivity index (χ2n) is 5.44. The molecule has 1 N–H and O–H groups in total. The lowest BCUT2D eigenvalue weighted by Crippen LogP contribution is -2.03. The number of hydrogen-bond donors (Lipinski definition) is 1.